The van der Waals surface area contributed by atoms with Crippen LogP contribution in [-0.2, 0) is 17.8 Å². The molecule has 8 heteroatoms. The second-order valence-electron chi connectivity index (χ2n) is 7.86. The number of fused-ring (bicyclic) bond motifs is 3. The quantitative estimate of drug-likeness (QED) is 0.493. The fraction of sp³-hybridized carbons (Fsp3) is 0.565. The van der Waals surface area contributed by atoms with Crippen molar-refractivity contribution in [1.82, 2.24) is 10.2 Å². The topological polar surface area (TPSA) is 76.5 Å². The number of nitrogens with one attached hydrogen (secondary N) is 1. The van der Waals surface area contributed by atoms with Crippen LogP contribution in [0.4, 0.5) is 14.6 Å². The van der Waals surface area contributed by atoms with Gasteiger partial charge in [0.15, 0.2) is 0 Å². The number of aromatic nitrogens is 2. The Morgan fingerprint density at radius 1 is 1.16 bits per heavy atom. The van der Waals surface area contributed by atoms with Gasteiger partial charge in [-0.25, -0.2) is 0 Å². The molecule has 1 aliphatic rings. The number of alkyl halides is 2. The Balaban J connectivity index is 1.92. The lowest BCUT2D eigenvalue weighted by atomic mass is 9.97. The van der Waals surface area contributed by atoms with Gasteiger partial charge in [-0.3, -0.25) is 0 Å². The number of hydrogen-bond acceptors (Lipinski definition) is 6. The van der Waals surface area contributed by atoms with E-state index < -0.39 is 6.61 Å². The minimum atomic E-state index is -2.97. The summed E-state index contributed by atoms with van der Waals surface area (Å²) in [6.07, 6.45) is 7.12. The molecule has 0 aliphatic carbocycles. The summed E-state index contributed by atoms with van der Waals surface area (Å²) in [7, 11) is 0. The SMILES string of the molecule is CCCCCC(CC)Nc1cc2c(nn1)-c1c(O)cc(OC(F)F)cc1COCCC2. The van der Waals surface area contributed by atoms with Crippen molar-refractivity contribution in [3.8, 4) is 22.8 Å². The number of nitrogens with zero attached hydrogens (tertiary/aromatic N) is 2. The van der Waals surface area contributed by atoms with E-state index in [-0.39, 0.29) is 18.1 Å². The van der Waals surface area contributed by atoms with Crippen LogP contribution in [0, 0.1) is 0 Å². The number of phenolic OH excluding ortho intramolecular Hbond substituents is 1. The molecule has 31 heavy (non-hydrogen) atoms. The maximum atomic E-state index is 12.6. The van der Waals surface area contributed by atoms with Gasteiger partial charge in [0, 0.05) is 24.3 Å². The van der Waals surface area contributed by atoms with Crippen LogP contribution in [0.1, 0.15) is 63.5 Å². The minimum absolute atomic E-state index is 0.111. The zero-order valence-electron chi connectivity index (χ0n) is 18.2. The van der Waals surface area contributed by atoms with E-state index in [1.54, 1.807) is 0 Å². The van der Waals surface area contributed by atoms with Crippen LogP contribution < -0.4 is 10.1 Å². The maximum absolute atomic E-state index is 12.6. The van der Waals surface area contributed by atoms with E-state index in [1.165, 1.54) is 31.4 Å². The smallest absolute Gasteiger partial charge is 0.387 e. The normalized spacial score (nSPS) is 14.7. The molecule has 0 amide bonds. The first-order valence-electron chi connectivity index (χ1n) is 11.0. The van der Waals surface area contributed by atoms with Gasteiger partial charge in [-0.2, -0.15) is 8.78 Å². The molecule has 1 atom stereocenters. The fourth-order valence-electron chi connectivity index (χ4n) is 3.89. The third kappa shape index (κ3) is 6.26. The Labute approximate surface area is 182 Å². The molecule has 2 N–H and O–H groups in total. The predicted octanol–water partition coefficient (Wildman–Crippen LogP) is 5.68. The van der Waals surface area contributed by atoms with Gasteiger partial charge in [-0.05, 0) is 48.9 Å². The minimum Gasteiger partial charge on any atom is -0.507 e. The van der Waals surface area contributed by atoms with Crippen molar-refractivity contribution < 1.29 is 23.4 Å². The highest BCUT2D eigenvalue weighted by Gasteiger charge is 2.22. The molecule has 0 fully saturated rings. The van der Waals surface area contributed by atoms with Gasteiger partial charge in [0.25, 0.3) is 0 Å². The van der Waals surface area contributed by atoms with Crippen molar-refractivity contribution in [1.29, 1.82) is 0 Å². The molecule has 0 saturated heterocycles. The van der Waals surface area contributed by atoms with Crippen LogP contribution in [-0.4, -0.2) is 34.6 Å². The largest absolute Gasteiger partial charge is 0.507 e. The highest BCUT2D eigenvalue weighted by atomic mass is 19.3. The van der Waals surface area contributed by atoms with Gasteiger partial charge >= 0.3 is 6.61 Å². The van der Waals surface area contributed by atoms with Gasteiger partial charge in [-0.15, -0.1) is 10.2 Å². The molecule has 170 valence electrons. The van der Waals surface area contributed by atoms with Gasteiger partial charge in [0.1, 0.15) is 23.0 Å². The second-order valence-corrected chi connectivity index (χ2v) is 7.86. The lowest BCUT2D eigenvalue weighted by molar-refractivity contribution is -0.0500. The summed E-state index contributed by atoms with van der Waals surface area (Å²) in [5.41, 5.74) is 2.48. The Morgan fingerprint density at radius 3 is 2.74 bits per heavy atom. The van der Waals surface area contributed by atoms with E-state index in [1.807, 2.05) is 6.07 Å². The Morgan fingerprint density at radius 2 is 2.00 bits per heavy atom. The van der Waals surface area contributed by atoms with Crippen LogP contribution in [0.15, 0.2) is 18.2 Å². The number of anilines is 1. The van der Waals surface area contributed by atoms with Crippen molar-refractivity contribution >= 4 is 5.82 Å². The molecule has 0 spiro atoms. The number of ether oxygens (including phenoxy) is 2. The van der Waals surface area contributed by atoms with Crippen molar-refractivity contribution in [2.24, 2.45) is 0 Å². The average molecular weight is 436 g/mol. The molecule has 0 radical (unpaired) electrons. The first-order chi connectivity index (χ1) is 15.0. The highest BCUT2D eigenvalue weighted by molar-refractivity contribution is 5.75. The van der Waals surface area contributed by atoms with Crippen LogP contribution >= 0.6 is 0 Å². The highest BCUT2D eigenvalue weighted by Crippen LogP contribution is 2.39. The summed E-state index contributed by atoms with van der Waals surface area (Å²) in [4.78, 5) is 0. The Bertz CT molecular complexity index is 864. The number of halogens is 2. The molecule has 1 aromatic carbocycles. The number of benzene rings is 1. The summed E-state index contributed by atoms with van der Waals surface area (Å²) in [6, 6.07) is 4.95. The molecule has 2 aromatic rings. The summed E-state index contributed by atoms with van der Waals surface area (Å²) in [5, 5.41) is 22.9. The molecule has 1 aromatic heterocycles. The van der Waals surface area contributed by atoms with Gasteiger partial charge in [0.2, 0.25) is 0 Å². The molecule has 1 unspecified atom stereocenters. The van der Waals surface area contributed by atoms with E-state index >= 15 is 0 Å². The maximum Gasteiger partial charge on any atom is 0.387 e. The summed E-state index contributed by atoms with van der Waals surface area (Å²) in [6.45, 7) is 2.05. The average Bonchev–Trinajstić information content (AvgIpc) is 2.81. The standard InChI is InChI=1S/C23H31F2N3O3/c1-3-5-6-9-17(4-2)26-20-12-15-8-7-10-30-14-16-11-18(31-23(24)25)13-19(29)21(16)22(15)28-27-20/h11-13,17,23,29H,3-10,14H2,1-2H3,(H,26,27). The van der Waals surface area contributed by atoms with Crippen LogP contribution in [0.25, 0.3) is 11.3 Å². The molecular formula is C23H31F2N3O3. The predicted molar refractivity (Wildman–Crippen MR) is 116 cm³/mol. The number of aromatic hydroxyl groups is 1. The molecule has 0 saturated carbocycles. The third-order valence-electron chi connectivity index (χ3n) is 5.50. The number of aryl methyl sites for hydroxylation is 1. The van der Waals surface area contributed by atoms with Gasteiger partial charge in [0.05, 0.1) is 6.61 Å². The molecule has 3 rings (SSSR count). The molecule has 1 aliphatic heterocycles. The van der Waals surface area contributed by atoms with Gasteiger partial charge in [-0.1, -0.05) is 33.1 Å². The zero-order chi connectivity index (χ0) is 22.2. The number of hydrogen-bond donors (Lipinski definition) is 2. The van der Waals surface area contributed by atoms with E-state index in [9.17, 15) is 13.9 Å². The van der Waals surface area contributed by atoms with Crippen LogP contribution in [0.2, 0.25) is 0 Å². The van der Waals surface area contributed by atoms with E-state index in [0.717, 1.165) is 24.8 Å². The van der Waals surface area contributed by atoms with E-state index in [2.05, 4.69) is 34.1 Å². The van der Waals surface area contributed by atoms with E-state index in [4.69, 9.17) is 4.74 Å². The number of phenols is 1. The van der Waals surface area contributed by atoms with Crippen LogP contribution in [0.3, 0.4) is 0 Å². The number of unbranched alkanes of at least 4 members (excludes halogenated alkanes) is 2. The van der Waals surface area contributed by atoms with Crippen molar-refractivity contribution in [2.75, 3.05) is 11.9 Å². The van der Waals surface area contributed by atoms with E-state index in [0.29, 0.717) is 41.7 Å². The molecule has 6 nitrogen and oxygen atoms in total. The molecule has 0 bridgehead atoms. The zero-order valence-corrected chi connectivity index (χ0v) is 18.2. The summed E-state index contributed by atoms with van der Waals surface area (Å²) in [5.74, 6) is 0.418. The third-order valence-corrected chi connectivity index (χ3v) is 5.50. The molecular weight excluding hydrogens is 404 g/mol. The molecule has 2 heterocycles. The lowest BCUT2D eigenvalue weighted by Gasteiger charge is -2.19. The first-order valence-corrected chi connectivity index (χ1v) is 11.0. The van der Waals surface area contributed by atoms with Crippen LogP contribution in [0.5, 0.6) is 11.5 Å². The van der Waals surface area contributed by atoms with Crippen molar-refractivity contribution in [3.63, 3.8) is 0 Å². The summed E-state index contributed by atoms with van der Waals surface area (Å²) >= 11 is 0. The van der Waals surface area contributed by atoms with Crippen molar-refractivity contribution in [3.05, 3.63) is 29.3 Å². The first kappa shape index (κ1) is 23.2. The van der Waals surface area contributed by atoms with Gasteiger partial charge < -0.3 is 19.9 Å². The summed E-state index contributed by atoms with van der Waals surface area (Å²) < 4.78 is 35.4. The fourth-order valence-corrected chi connectivity index (χ4v) is 3.89. The Hall–Kier alpha value is -2.48. The Kier molecular flexibility index (Phi) is 8.40. The monoisotopic (exact) mass is 435 g/mol. The second kappa shape index (κ2) is 11.2. The van der Waals surface area contributed by atoms with Crippen molar-refractivity contribution in [2.45, 2.75) is 78.1 Å². The number of rotatable bonds is 9. The lowest BCUT2D eigenvalue weighted by Crippen LogP contribution is -2.19.